The number of aldehydes is 1. The molecule has 8 heteroatoms. The number of carboxylic acid groups (broad SMARTS) is 1. The van der Waals surface area contributed by atoms with Crippen molar-refractivity contribution in [3.05, 3.63) is 0 Å². The maximum Gasteiger partial charge on any atom is 0.405 e. The summed E-state index contributed by atoms with van der Waals surface area (Å²) in [6.07, 6.45) is -1.09. The van der Waals surface area contributed by atoms with Crippen molar-refractivity contribution in [1.29, 1.82) is 0 Å². The lowest BCUT2D eigenvalue weighted by Crippen LogP contribution is -2.47. The third-order valence-corrected chi connectivity index (χ3v) is 3.01. The van der Waals surface area contributed by atoms with Gasteiger partial charge in [-0.15, -0.1) is 0 Å². The smallest absolute Gasteiger partial charge is 0.405 e. The average Bonchev–Trinajstić information content (AvgIpc) is 2.85. The summed E-state index contributed by atoms with van der Waals surface area (Å²) in [7, 11) is 0. The van der Waals surface area contributed by atoms with Crippen molar-refractivity contribution in [2.45, 2.75) is 31.0 Å². The topological polar surface area (TPSA) is 113 Å². The molecule has 0 aromatic rings. The minimum Gasteiger partial charge on any atom is -0.465 e. The molecule has 8 nitrogen and oxygen atoms in total. The van der Waals surface area contributed by atoms with Crippen molar-refractivity contribution in [3.63, 3.8) is 0 Å². The second kappa shape index (κ2) is 4.63. The quantitative estimate of drug-likeness (QED) is 0.479. The molecule has 1 unspecified atom stereocenters. The number of fused-ring (bicyclic) bond motifs is 2. The number of hydrogen-bond donors (Lipinski definition) is 2. The lowest BCUT2D eigenvalue weighted by atomic mass is 10.2. The molecule has 0 aliphatic carbocycles. The predicted molar refractivity (Wildman–Crippen MR) is 55.6 cm³/mol. The molecule has 2 N–H and O–H groups in total. The molecule has 18 heavy (non-hydrogen) atoms. The van der Waals surface area contributed by atoms with Crippen LogP contribution in [0.2, 0.25) is 0 Å². The highest BCUT2D eigenvalue weighted by Crippen LogP contribution is 2.29. The number of amides is 2. The van der Waals surface area contributed by atoms with E-state index in [0.29, 0.717) is 19.3 Å². The SMILES string of the molecule is O=CC(CC(=O)N1C[C@H]2C[C@@H]1C(=O)O2)NC(=O)O. The molecule has 0 aromatic heterocycles. The van der Waals surface area contributed by atoms with Gasteiger partial charge in [-0.05, 0) is 0 Å². The Morgan fingerprint density at radius 3 is 2.83 bits per heavy atom. The molecule has 3 atom stereocenters. The fourth-order valence-corrected chi connectivity index (χ4v) is 2.22. The van der Waals surface area contributed by atoms with Gasteiger partial charge in [-0.3, -0.25) is 4.79 Å². The third kappa shape index (κ3) is 2.27. The molecule has 98 valence electrons. The van der Waals surface area contributed by atoms with E-state index in [-0.39, 0.29) is 12.5 Å². The van der Waals surface area contributed by atoms with Crippen LogP contribution >= 0.6 is 0 Å². The molecule has 2 fully saturated rings. The second-order valence-corrected chi connectivity index (χ2v) is 4.25. The summed E-state index contributed by atoms with van der Waals surface area (Å²) in [5.74, 6) is -0.863. The largest absolute Gasteiger partial charge is 0.465 e. The first-order chi connectivity index (χ1) is 8.51. The highest BCUT2D eigenvalue weighted by atomic mass is 16.6. The number of ether oxygens (including phenoxy) is 1. The third-order valence-electron chi connectivity index (χ3n) is 3.01. The van der Waals surface area contributed by atoms with E-state index in [2.05, 4.69) is 0 Å². The molecule has 0 saturated carbocycles. The average molecular weight is 256 g/mol. The van der Waals surface area contributed by atoms with Gasteiger partial charge in [0.2, 0.25) is 5.91 Å². The van der Waals surface area contributed by atoms with Crippen molar-refractivity contribution < 1.29 is 29.0 Å². The summed E-state index contributed by atoms with van der Waals surface area (Å²) in [5.41, 5.74) is 0. The monoisotopic (exact) mass is 256 g/mol. The minimum atomic E-state index is -1.37. The number of nitrogens with zero attached hydrogens (tertiary/aromatic N) is 1. The van der Waals surface area contributed by atoms with Gasteiger partial charge < -0.3 is 24.9 Å². The normalized spacial score (nSPS) is 26.7. The van der Waals surface area contributed by atoms with Gasteiger partial charge in [0.25, 0.3) is 0 Å². The van der Waals surface area contributed by atoms with Gasteiger partial charge in [0.05, 0.1) is 19.0 Å². The number of nitrogens with one attached hydrogen (secondary N) is 1. The Balaban J connectivity index is 1.94. The Morgan fingerprint density at radius 2 is 2.33 bits per heavy atom. The van der Waals surface area contributed by atoms with E-state index in [1.807, 2.05) is 5.32 Å². The van der Waals surface area contributed by atoms with Crippen molar-refractivity contribution >= 4 is 24.3 Å². The summed E-state index contributed by atoms with van der Waals surface area (Å²) in [5, 5.41) is 10.4. The van der Waals surface area contributed by atoms with Crippen molar-refractivity contribution in [3.8, 4) is 0 Å². The first kappa shape index (κ1) is 12.3. The maximum absolute atomic E-state index is 11.9. The number of rotatable bonds is 4. The maximum atomic E-state index is 11.9. The number of morpholine rings is 1. The summed E-state index contributed by atoms with van der Waals surface area (Å²) < 4.78 is 4.92. The number of likely N-dealkylation sites (tertiary alicyclic amines) is 1. The Morgan fingerprint density at radius 1 is 1.61 bits per heavy atom. The molecule has 0 spiro atoms. The highest BCUT2D eigenvalue weighted by molar-refractivity contribution is 5.89. The zero-order valence-electron chi connectivity index (χ0n) is 9.37. The molecular weight excluding hydrogens is 244 g/mol. The Labute approximate surface area is 102 Å². The van der Waals surface area contributed by atoms with Crippen LogP contribution in [0.15, 0.2) is 0 Å². The second-order valence-electron chi connectivity index (χ2n) is 4.25. The van der Waals surface area contributed by atoms with Gasteiger partial charge in [-0.1, -0.05) is 0 Å². The van der Waals surface area contributed by atoms with Crippen LogP contribution in [0.5, 0.6) is 0 Å². The van der Waals surface area contributed by atoms with E-state index in [4.69, 9.17) is 9.84 Å². The summed E-state index contributed by atoms with van der Waals surface area (Å²) in [6, 6.07) is -1.68. The minimum absolute atomic E-state index is 0.270. The molecule has 2 aliphatic rings. The first-order valence-electron chi connectivity index (χ1n) is 5.46. The van der Waals surface area contributed by atoms with Gasteiger partial charge in [-0.2, -0.15) is 0 Å². The van der Waals surface area contributed by atoms with Crippen LogP contribution in [0.4, 0.5) is 4.79 Å². The number of carbonyl (C=O) groups excluding carboxylic acids is 3. The van der Waals surface area contributed by atoms with Gasteiger partial charge in [0, 0.05) is 6.42 Å². The van der Waals surface area contributed by atoms with E-state index in [0.717, 1.165) is 0 Å². The van der Waals surface area contributed by atoms with Gasteiger partial charge in [0.15, 0.2) is 0 Å². The molecule has 2 heterocycles. The van der Waals surface area contributed by atoms with Gasteiger partial charge in [-0.25, -0.2) is 9.59 Å². The molecule has 2 aliphatic heterocycles. The number of esters is 1. The number of carbonyl (C=O) groups is 4. The predicted octanol–water partition coefficient (Wildman–Crippen LogP) is -1.26. The van der Waals surface area contributed by atoms with Crippen molar-refractivity contribution in [2.24, 2.45) is 0 Å². The van der Waals surface area contributed by atoms with Crippen LogP contribution in [0.3, 0.4) is 0 Å². The van der Waals surface area contributed by atoms with E-state index in [1.54, 1.807) is 0 Å². The van der Waals surface area contributed by atoms with Crippen LogP contribution in [0, 0.1) is 0 Å². The summed E-state index contributed by atoms with van der Waals surface area (Å²) in [4.78, 5) is 45.5. The fraction of sp³-hybridized carbons (Fsp3) is 0.600. The zero-order valence-corrected chi connectivity index (χ0v) is 9.37. The van der Waals surface area contributed by atoms with Crippen molar-refractivity contribution in [1.82, 2.24) is 10.2 Å². The Kier molecular flexibility index (Phi) is 3.17. The molecule has 2 bridgehead atoms. The first-order valence-corrected chi connectivity index (χ1v) is 5.46. The van der Waals surface area contributed by atoms with Gasteiger partial charge >= 0.3 is 12.1 Å². The van der Waals surface area contributed by atoms with E-state index >= 15 is 0 Å². The lowest BCUT2D eigenvalue weighted by molar-refractivity contribution is -0.157. The Hall–Kier alpha value is -2.12. The van der Waals surface area contributed by atoms with E-state index < -0.39 is 30.1 Å². The van der Waals surface area contributed by atoms with Crippen LogP contribution in [0.1, 0.15) is 12.8 Å². The molecule has 2 saturated heterocycles. The summed E-state index contributed by atoms with van der Waals surface area (Å²) in [6.45, 7) is 0.313. The van der Waals surface area contributed by atoms with E-state index in [9.17, 15) is 19.2 Å². The van der Waals surface area contributed by atoms with Crippen LogP contribution < -0.4 is 5.32 Å². The standard InChI is InChI=1S/C10H12N2O6/c13-4-5(11-10(16)17)1-8(14)12-3-6-2-7(12)9(15)18-6/h4-7,11H,1-3H2,(H,16,17)/t5?,6-,7-/m1/s1. The molecule has 0 radical (unpaired) electrons. The van der Waals surface area contributed by atoms with Crippen molar-refractivity contribution in [2.75, 3.05) is 6.54 Å². The molecule has 0 aromatic carbocycles. The molecular formula is C10H12N2O6. The van der Waals surface area contributed by atoms with Crippen LogP contribution in [-0.2, 0) is 19.1 Å². The van der Waals surface area contributed by atoms with Crippen LogP contribution in [0.25, 0.3) is 0 Å². The molecule has 2 amide bonds. The molecule has 2 rings (SSSR count). The van der Waals surface area contributed by atoms with Crippen LogP contribution in [-0.4, -0.2) is 59.0 Å². The lowest BCUT2D eigenvalue weighted by Gasteiger charge is -2.26. The zero-order chi connectivity index (χ0) is 13.3. The van der Waals surface area contributed by atoms with Gasteiger partial charge in [0.1, 0.15) is 18.4 Å². The number of hydrogen-bond acceptors (Lipinski definition) is 5. The van der Waals surface area contributed by atoms with E-state index in [1.165, 1.54) is 4.90 Å². The summed E-state index contributed by atoms with van der Waals surface area (Å²) >= 11 is 0. The fourth-order valence-electron chi connectivity index (χ4n) is 2.22. The highest BCUT2D eigenvalue weighted by Gasteiger charge is 2.48. The Bertz CT molecular complexity index is 409.